The molecule has 1 aliphatic rings. The average molecular weight is 354 g/mol. The van der Waals surface area contributed by atoms with E-state index in [-0.39, 0.29) is 22.9 Å². The maximum atomic E-state index is 12.1. The zero-order valence-electron chi connectivity index (χ0n) is 14.3. The van der Waals surface area contributed by atoms with Gasteiger partial charge in [0, 0.05) is 31.3 Å². The number of carbonyl (C=O) groups is 1. The fourth-order valence-electron chi connectivity index (χ4n) is 2.81. The van der Waals surface area contributed by atoms with Gasteiger partial charge < -0.3 is 15.4 Å². The third-order valence-electron chi connectivity index (χ3n) is 4.44. The summed E-state index contributed by atoms with van der Waals surface area (Å²) < 4.78 is 28.3. The van der Waals surface area contributed by atoms with Crippen LogP contribution in [0, 0.1) is 0 Å². The lowest BCUT2D eigenvalue weighted by molar-refractivity contribution is -0.131. The van der Waals surface area contributed by atoms with Gasteiger partial charge in [0.05, 0.1) is 11.5 Å². The van der Waals surface area contributed by atoms with Crippen molar-refractivity contribution in [3.05, 3.63) is 24.3 Å². The van der Waals surface area contributed by atoms with Crippen molar-refractivity contribution in [3.63, 3.8) is 0 Å². The van der Waals surface area contributed by atoms with Crippen LogP contribution >= 0.6 is 0 Å². The van der Waals surface area contributed by atoms with Crippen molar-refractivity contribution in [1.82, 2.24) is 4.90 Å². The van der Waals surface area contributed by atoms with E-state index in [1.165, 1.54) is 18.4 Å². The number of nitrogens with two attached hydrogens (primary N) is 1. The van der Waals surface area contributed by atoms with Crippen LogP contribution in [0.1, 0.15) is 32.6 Å². The zero-order chi connectivity index (χ0) is 17.7. The first-order valence-electron chi connectivity index (χ1n) is 8.27. The van der Waals surface area contributed by atoms with E-state index in [0.717, 1.165) is 25.8 Å². The summed E-state index contributed by atoms with van der Waals surface area (Å²) in [7, 11) is -3.18. The minimum atomic E-state index is -3.18. The Bertz CT molecular complexity index is 658. The van der Waals surface area contributed by atoms with Gasteiger partial charge >= 0.3 is 0 Å². The molecule has 0 radical (unpaired) electrons. The SMILES string of the molecule is C[C@@H]1[C@H](N)CCN1C(=O)CCCCOc1ccc(S(C)(=O)=O)cc1. The van der Waals surface area contributed by atoms with Gasteiger partial charge in [0.1, 0.15) is 5.75 Å². The van der Waals surface area contributed by atoms with Gasteiger partial charge in [0.25, 0.3) is 0 Å². The molecule has 2 N–H and O–H groups in total. The summed E-state index contributed by atoms with van der Waals surface area (Å²) in [6, 6.07) is 6.58. The Morgan fingerprint density at radius 2 is 1.96 bits per heavy atom. The van der Waals surface area contributed by atoms with Crippen LogP contribution in [0.4, 0.5) is 0 Å². The van der Waals surface area contributed by atoms with Crippen LogP contribution in [-0.2, 0) is 14.6 Å². The number of unbranched alkanes of at least 4 members (excludes halogenated alkanes) is 1. The lowest BCUT2D eigenvalue weighted by Gasteiger charge is -2.23. The first-order valence-corrected chi connectivity index (χ1v) is 10.2. The summed E-state index contributed by atoms with van der Waals surface area (Å²) in [6.07, 6.45) is 4.09. The largest absolute Gasteiger partial charge is 0.494 e. The number of ether oxygens (including phenoxy) is 1. The van der Waals surface area contributed by atoms with Crippen molar-refractivity contribution in [2.45, 2.75) is 49.6 Å². The van der Waals surface area contributed by atoms with E-state index < -0.39 is 9.84 Å². The lowest BCUT2D eigenvalue weighted by Crippen LogP contribution is -2.40. The molecule has 2 rings (SSSR count). The van der Waals surface area contributed by atoms with E-state index in [4.69, 9.17) is 10.5 Å². The molecule has 0 aromatic heterocycles. The first kappa shape index (κ1) is 18.7. The number of carbonyl (C=O) groups excluding carboxylic acids is 1. The van der Waals surface area contributed by atoms with Gasteiger partial charge in [-0.2, -0.15) is 0 Å². The van der Waals surface area contributed by atoms with Crippen molar-refractivity contribution in [2.24, 2.45) is 5.73 Å². The van der Waals surface area contributed by atoms with Crippen LogP contribution in [0.25, 0.3) is 0 Å². The van der Waals surface area contributed by atoms with Crippen molar-refractivity contribution in [3.8, 4) is 5.75 Å². The number of benzene rings is 1. The van der Waals surface area contributed by atoms with E-state index in [2.05, 4.69) is 0 Å². The Balaban J connectivity index is 1.67. The molecule has 2 atom stereocenters. The average Bonchev–Trinajstić information content (AvgIpc) is 2.86. The molecule has 1 saturated heterocycles. The number of sulfone groups is 1. The molecule has 24 heavy (non-hydrogen) atoms. The van der Waals surface area contributed by atoms with E-state index in [9.17, 15) is 13.2 Å². The summed E-state index contributed by atoms with van der Waals surface area (Å²) in [6.45, 7) is 3.25. The number of hydrogen-bond acceptors (Lipinski definition) is 5. The van der Waals surface area contributed by atoms with Crippen LogP contribution < -0.4 is 10.5 Å². The summed E-state index contributed by atoms with van der Waals surface area (Å²) in [5.74, 6) is 0.792. The lowest BCUT2D eigenvalue weighted by atomic mass is 10.1. The van der Waals surface area contributed by atoms with Gasteiger partial charge in [0.2, 0.25) is 5.91 Å². The van der Waals surface area contributed by atoms with Gasteiger partial charge in [0.15, 0.2) is 9.84 Å². The van der Waals surface area contributed by atoms with Crippen LogP contribution in [-0.4, -0.2) is 50.7 Å². The highest BCUT2D eigenvalue weighted by molar-refractivity contribution is 7.90. The predicted molar refractivity (Wildman–Crippen MR) is 92.7 cm³/mol. The highest BCUT2D eigenvalue weighted by atomic mass is 32.2. The van der Waals surface area contributed by atoms with E-state index in [0.29, 0.717) is 18.8 Å². The molecule has 1 aromatic rings. The number of amides is 1. The first-order chi connectivity index (χ1) is 11.3. The van der Waals surface area contributed by atoms with Crippen molar-refractivity contribution < 1.29 is 17.9 Å². The van der Waals surface area contributed by atoms with E-state index >= 15 is 0 Å². The zero-order valence-corrected chi connectivity index (χ0v) is 15.1. The van der Waals surface area contributed by atoms with Crippen molar-refractivity contribution in [2.75, 3.05) is 19.4 Å². The highest BCUT2D eigenvalue weighted by Crippen LogP contribution is 2.18. The smallest absolute Gasteiger partial charge is 0.222 e. The minimum absolute atomic E-state index is 0.0900. The molecule has 1 aliphatic heterocycles. The van der Waals surface area contributed by atoms with Gasteiger partial charge in [-0.15, -0.1) is 0 Å². The predicted octanol–water partition coefficient (Wildman–Crippen LogP) is 1.59. The van der Waals surface area contributed by atoms with Crippen molar-refractivity contribution in [1.29, 1.82) is 0 Å². The molecule has 0 bridgehead atoms. The number of likely N-dealkylation sites (tertiary alicyclic amines) is 1. The van der Waals surface area contributed by atoms with E-state index in [1.807, 2.05) is 11.8 Å². The summed E-state index contributed by atoms with van der Waals surface area (Å²) in [4.78, 5) is 14.3. The van der Waals surface area contributed by atoms with Crippen LogP contribution in [0.15, 0.2) is 29.2 Å². The summed E-state index contributed by atoms with van der Waals surface area (Å²) >= 11 is 0. The normalized spacial score (nSPS) is 21.0. The molecule has 1 aromatic carbocycles. The molecule has 134 valence electrons. The van der Waals surface area contributed by atoms with Crippen LogP contribution in [0.5, 0.6) is 5.75 Å². The molecule has 6 nitrogen and oxygen atoms in total. The third-order valence-corrected chi connectivity index (χ3v) is 5.57. The molecule has 0 unspecified atom stereocenters. The van der Waals surface area contributed by atoms with Crippen LogP contribution in [0.2, 0.25) is 0 Å². The molecule has 0 spiro atoms. The van der Waals surface area contributed by atoms with E-state index in [1.54, 1.807) is 12.1 Å². The van der Waals surface area contributed by atoms with Crippen molar-refractivity contribution >= 4 is 15.7 Å². The molecule has 1 amide bonds. The second-order valence-electron chi connectivity index (χ2n) is 6.33. The standard InChI is InChI=1S/C17H26N2O4S/c1-13-16(18)10-11-19(13)17(20)5-3-4-12-23-14-6-8-15(9-7-14)24(2,21)22/h6-9,13,16H,3-5,10-12,18H2,1-2H3/t13-,16-/m1/s1. The number of hydrogen-bond donors (Lipinski definition) is 1. The van der Waals surface area contributed by atoms with Gasteiger partial charge in [-0.25, -0.2) is 8.42 Å². The molecule has 7 heteroatoms. The van der Waals surface area contributed by atoms with Crippen LogP contribution in [0.3, 0.4) is 0 Å². The Morgan fingerprint density at radius 3 is 2.50 bits per heavy atom. The molecule has 0 aliphatic carbocycles. The number of nitrogens with zero attached hydrogens (tertiary/aromatic N) is 1. The topological polar surface area (TPSA) is 89.7 Å². The monoisotopic (exact) mass is 354 g/mol. The maximum absolute atomic E-state index is 12.1. The molecule has 1 fully saturated rings. The second-order valence-corrected chi connectivity index (χ2v) is 8.35. The number of rotatable bonds is 7. The Morgan fingerprint density at radius 1 is 1.29 bits per heavy atom. The Labute approximate surface area is 143 Å². The molecule has 0 saturated carbocycles. The van der Waals surface area contributed by atoms with Gasteiger partial charge in [-0.1, -0.05) is 0 Å². The molecular weight excluding hydrogens is 328 g/mol. The minimum Gasteiger partial charge on any atom is -0.494 e. The second kappa shape index (κ2) is 7.98. The molecule has 1 heterocycles. The van der Waals surface area contributed by atoms with Gasteiger partial charge in [-0.05, 0) is 50.5 Å². The Hall–Kier alpha value is -1.60. The molecular formula is C17H26N2O4S. The fourth-order valence-corrected chi connectivity index (χ4v) is 3.44. The quantitative estimate of drug-likeness (QED) is 0.751. The maximum Gasteiger partial charge on any atom is 0.222 e. The third kappa shape index (κ3) is 4.95. The summed E-state index contributed by atoms with van der Waals surface area (Å²) in [5, 5.41) is 0. The fraction of sp³-hybridized carbons (Fsp3) is 0.588. The highest BCUT2D eigenvalue weighted by Gasteiger charge is 2.30. The summed E-state index contributed by atoms with van der Waals surface area (Å²) in [5.41, 5.74) is 5.93. The Kier molecular flexibility index (Phi) is 6.23. The van der Waals surface area contributed by atoms with Gasteiger partial charge in [-0.3, -0.25) is 4.79 Å².